The highest BCUT2D eigenvalue weighted by Gasteiger charge is 2.15. The van der Waals surface area contributed by atoms with Gasteiger partial charge in [0, 0.05) is 14.0 Å². The molecule has 104 valence electrons. The van der Waals surface area contributed by atoms with Crippen molar-refractivity contribution in [1.29, 1.82) is 0 Å². The van der Waals surface area contributed by atoms with Gasteiger partial charge in [0.2, 0.25) is 5.91 Å². The quantitative estimate of drug-likeness (QED) is 0.858. The second kappa shape index (κ2) is 5.96. The first-order valence-corrected chi connectivity index (χ1v) is 6.05. The van der Waals surface area contributed by atoms with E-state index in [1.807, 2.05) is 0 Å². The first kappa shape index (κ1) is 13.7. The molecule has 0 aliphatic carbocycles. The molecule has 0 saturated heterocycles. The number of aromatic amines is 1. The number of rotatable bonds is 4. The van der Waals surface area contributed by atoms with Crippen LogP contribution in [0, 0.1) is 0 Å². The van der Waals surface area contributed by atoms with Gasteiger partial charge < -0.3 is 10.2 Å². The third-order valence-electron chi connectivity index (χ3n) is 2.86. The maximum Gasteiger partial charge on any atom is 0.253 e. The number of hydrogen-bond acceptors (Lipinski definition) is 4. The van der Waals surface area contributed by atoms with E-state index in [-0.39, 0.29) is 18.4 Å². The summed E-state index contributed by atoms with van der Waals surface area (Å²) in [6.07, 6.45) is 1.37. The maximum atomic E-state index is 12.2. The lowest BCUT2D eigenvalue weighted by molar-refractivity contribution is -0.116. The van der Waals surface area contributed by atoms with Gasteiger partial charge in [-0.3, -0.25) is 14.7 Å². The standard InChI is InChI=1S/C13H15N5O2/c1-9(19)18(2)11-6-4-3-5-10(11)13(20)14-7-12-15-8-16-17-12/h3-6,8H,7H2,1-2H3,(H,14,20)(H,15,16,17). The third kappa shape index (κ3) is 3.00. The minimum absolute atomic E-state index is 0.138. The van der Waals surface area contributed by atoms with Gasteiger partial charge >= 0.3 is 0 Å². The molecule has 7 nitrogen and oxygen atoms in total. The Bertz CT molecular complexity index is 609. The van der Waals surface area contributed by atoms with Crippen molar-refractivity contribution >= 4 is 17.5 Å². The number of aromatic nitrogens is 3. The second-order valence-electron chi connectivity index (χ2n) is 4.21. The van der Waals surface area contributed by atoms with E-state index >= 15 is 0 Å². The molecule has 0 atom stereocenters. The van der Waals surface area contributed by atoms with Crippen LogP contribution in [0.2, 0.25) is 0 Å². The Morgan fingerprint density at radius 1 is 1.35 bits per heavy atom. The largest absolute Gasteiger partial charge is 0.345 e. The van der Waals surface area contributed by atoms with Crippen molar-refractivity contribution < 1.29 is 9.59 Å². The zero-order valence-electron chi connectivity index (χ0n) is 11.3. The molecule has 7 heteroatoms. The zero-order chi connectivity index (χ0) is 14.5. The summed E-state index contributed by atoms with van der Waals surface area (Å²) in [4.78, 5) is 29.0. The highest BCUT2D eigenvalue weighted by atomic mass is 16.2. The molecule has 2 amide bonds. The number of anilines is 1. The molecule has 20 heavy (non-hydrogen) atoms. The number of nitrogens with zero attached hydrogens (tertiary/aromatic N) is 3. The van der Waals surface area contributed by atoms with Crippen LogP contribution < -0.4 is 10.2 Å². The van der Waals surface area contributed by atoms with Crippen LogP contribution in [-0.2, 0) is 11.3 Å². The van der Waals surface area contributed by atoms with Gasteiger partial charge in [0.15, 0.2) is 0 Å². The molecule has 0 bridgehead atoms. The first-order chi connectivity index (χ1) is 9.59. The summed E-state index contributed by atoms with van der Waals surface area (Å²) in [7, 11) is 1.63. The van der Waals surface area contributed by atoms with Gasteiger partial charge in [0.1, 0.15) is 12.2 Å². The van der Waals surface area contributed by atoms with Gasteiger partial charge in [0.05, 0.1) is 17.8 Å². The lowest BCUT2D eigenvalue weighted by Crippen LogP contribution is -2.29. The first-order valence-electron chi connectivity index (χ1n) is 6.05. The SMILES string of the molecule is CC(=O)N(C)c1ccccc1C(=O)NCc1ncn[nH]1. The van der Waals surface area contributed by atoms with Crippen LogP contribution in [-0.4, -0.2) is 34.0 Å². The Kier molecular flexibility index (Phi) is 4.09. The molecule has 0 radical (unpaired) electrons. The molecule has 0 unspecified atom stereocenters. The van der Waals surface area contributed by atoms with Crippen molar-refractivity contribution in [2.24, 2.45) is 0 Å². The van der Waals surface area contributed by atoms with Gasteiger partial charge in [-0.15, -0.1) is 0 Å². The molecule has 1 aromatic heterocycles. The Morgan fingerprint density at radius 3 is 2.75 bits per heavy atom. The molecule has 0 aliphatic heterocycles. The van der Waals surface area contributed by atoms with Gasteiger partial charge in [0.25, 0.3) is 5.91 Å². The fraction of sp³-hybridized carbons (Fsp3) is 0.231. The van der Waals surface area contributed by atoms with E-state index in [1.165, 1.54) is 18.2 Å². The molecule has 1 aromatic carbocycles. The topological polar surface area (TPSA) is 91.0 Å². The second-order valence-corrected chi connectivity index (χ2v) is 4.21. The normalized spacial score (nSPS) is 10.1. The summed E-state index contributed by atoms with van der Waals surface area (Å²) < 4.78 is 0. The van der Waals surface area contributed by atoms with Crippen molar-refractivity contribution in [1.82, 2.24) is 20.5 Å². The highest BCUT2D eigenvalue weighted by molar-refractivity contribution is 6.04. The number of hydrogen-bond donors (Lipinski definition) is 2. The van der Waals surface area contributed by atoms with E-state index in [1.54, 1.807) is 31.3 Å². The van der Waals surface area contributed by atoms with E-state index in [9.17, 15) is 9.59 Å². The average molecular weight is 273 g/mol. The molecule has 0 saturated carbocycles. The van der Waals surface area contributed by atoms with E-state index in [4.69, 9.17) is 0 Å². The smallest absolute Gasteiger partial charge is 0.253 e. The maximum absolute atomic E-state index is 12.2. The van der Waals surface area contributed by atoms with E-state index in [0.29, 0.717) is 17.1 Å². The molecule has 0 spiro atoms. The predicted octanol–water partition coefficient (Wildman–Crippen LogP) is 0.717. The van der Waals surface area contributed by atoms with E-state index in [2.05, 4.69) is 20.5 Å². The fourth-order valence-electron chi connectivity index (χ4n) is 1.70. The molecule has 0 fully saturated rings. The van der Waals surface area contributed by atoms with Gasteiger partial charge in [-0.2, -0.15) is 5.10 Å². The van der Waals surface area contributed by atoms with E-state index < -0.39 is 0 Å². The van der Waals surface area contributed by atoms with Crippen LogP contribution in [0.15, 0.2) is 30.6 Å². The molecular formula is C13H15N5O2. The van der Waals surface area contributed by atoms with E-state index in [0.717, 1.165) is 0 Å². The molecule has 1 heterocycles. The third-order valence-corrected chi connectivity index (χ3v) is 2.86. The molecule has 2 rings (SSSR count). The lowest BCUT2D eigenvalue weighted by Gasteiger charge is -2.18. The van der Waals surface area contributed by atoms with Crippen LogP contribution in [0.5, 0.6) is 0 Å². The number of carbonyl (C=O) groups is 2. The van der Waals surface area contributed by atoms with Crippen molar-refractivity contribution in [3.63, 3.8) is 0 Å². The molecule has 2 N–H and O–H groups in total. The van der Waals surface area contributed by atoms with Crippen molar-refractivity contribution in [2.45, 2.75) is 13.5 Å². The number of para-hydroxylation sites is 1. The fourth-order valence-corrected chi connectivity index (χ4v) is 1.70. The van der Waals surface area contributed by atoms with Crippen molar-refractivity contribution in [3.8, 4) is 0 Å². The van der Waals surface area contributed by atoms with Gasteiger partial charge in [-0.05, 0) is 12.1 Å². The minimum Gasteiger partial charge on any atom is -0.345 e. The van der Waals surface area contributed by atoms with Crippen LogP contribution >= 0.6 is 0 Å². The van der Waals surface area contributed by atoms with Gasteiger partial charge in [-0.25, -0.2) is 4.98 Å². The summed E-state index contributed by atoms with van der Waals surface area (Å²) in [6, 6.07) is 6.93. The Balaban J connectivity index is 2.15. The Labute approximate surface area is 116 Å². The average Bonchev–Trinajstić information content (AvgIpc) is 2.97. The van der Waals surface area contributed by atoms with Gasteiger partial charge in [-0.1, -0.05) is 12.1 Å². The summed E-state index contributed by atoms with van der Waals surface area (Å²) in [5.74, 6) is 0.154. The summed E-state index contributed by atoms with van der Waals surface area (Å²) in [5.41, 5.74) is 1.000. The summed E-state index contributed by atoms with van der Waals surface area (Å²) in [6.45, 7) is 1.69. The minimum atomic E-state index is -0.273. The Morgan fingerprint density at radius 2 is 2.10 bits per heavy atom. The number of amides is 2. The number of nitrogens with one attached hydrogen (secondary N) is 2. The van der Waals surface area contributed by atoms with Crippen LogP contribution in [0.25, 0.3) is 0 Å². The number of carbonyl (C=O) groups excluding carboxylic acids is 2. The monoisotopic (exact) mass is 273 g/mol. The van der Waals surface area contributed by atoms with Crippen molar-refractivity contribution in [2.75, 3.05) is 11.9 Å². The summed E-state index contributed by atoms with van der Waals surface area (Å²) in [5, 5.41) is 9.09. The number of benzene rings is 1. The Hall–Kier alpha value is -2.70. The lowest BCUT2D eigenvalue weighted by atomic mass is 10.1. The number of H-pyrrole nitrogens is 1. The molecule has 0 aliphatic rings. The molecule has 2 aromatic rings. The van der Waals surface area contributed by atoms with Crippen molar-refractivity contribution in [3.05, 3.63) is 42.0 Å². The predicted molar refractivity (Wildman–Crippen MR) is 73.1 cm³/mol. The van der Waals surface area contributed by atoms with Crippen LogP contribution in [0.3, 0.4) is 0 Å². The van der Waals surface area contributed by atoms with Crippen LogP contribution in [0.1, 0.15) is 23.1 Å². The van der Waals surface area contributed by atoms with Crippen LogP contribution in [0.4, 0.5) is 5.69 Å². The summed E-state index contributed by atoms with van der Waals surface area (Å²) >= 11 is 0. The highest BCUT2D eigenvalue weighted by Crippen LogP contribution is 2.19. The molecular weight excluding hydrogens is 258 g/mol. The zero-order valence-corrected chi connectivity index (χ0v) is 11.3.